The Hall–Kier alpha value is -1.38. The van der Waals surface area contributed by atoms with Crippen LogP contribution in [0.3, 0.4) is 0 Å². The van der Waals surface area contributed by atoms with Crippen LogP contribution in [0.4, 0.5) is 0 Å². The summed E-state index contributed by atoms with van der Waals surface area (Å²) >= 11 is 0. The fourth-order valence-corrected chi connectivity index (χ4v) is 3.32. The fourth-order valence-electron chi connectivity index (χ4n) is 3.32. The Morgan fingerprint density at radius 3 is 2.47 bits per heavy atom. The molecule has 2 nitrogen and oxygen atoms in total. The zero-order chi connectivity index (χ0) is 13.2. The molecule has 2 heteroatoms. The van der Waals surface area contributed by atoms with Crippen LogP contribution in [0.5, 0.6) is 0 Å². The second kappa shape index (κ2) is 5.32. The SMILES string of the molecule is N[C@H](c1cccc2ccccc12)[C@@H](O)C1CCCC1. The van der Waals surface area contributed by atoms with Gasteiger partial charge in [0.05, 0.1) is 12.1 Å². The molecular formula is C17H21NO. The highest BCUT2D eigenvalue weighted by atomic mass is 16.3. The van der Waals surface area contributed by atoms with Crippen LogP contribution in [0.25, 0.3) is 10.8 Å². The van der Waals surface area contributed by atoms with Gasteiger partial charge >= 0.3 is 0 Å². The van der Waals surface area contributed by atoms with E-state index in [0.29, 0.717) is 5.92 Å². The van der Waals surface area contributed by atoms with Crippen LogP contribution in [0.2, 0.25) is 0 Å². The molecule has 2 atom stereocenters. The monoisotopic (exact) mass is 255 g/mol. The van der Waals surface area contributed by atoms with E-state index in [1.54, 1.807) is 0 Å². The van der Waals surface area contributed by atoms with E-state index in [9.17, 15) is 5.11 Å². The van der Waals surface area contributed by atoms with Crippen molar-refractivity contribution in [3.63, 3.8) is 0 Å². The van der Waals surface area contributed by atoms with Crippen molar-refractivity contribution in [1.82, 2.24) is 0 Å². The van der Waals surface area contributed by atoms with Crippen LogP contribution in [0, 0.1) is 5.92 Å². The predicted octanol–water partition coefficient (Wildman–Crippen LogP) is 3.39. The smallest absolute Gasteiger partial charge is 0.0761 e. The lowest BCUT2D eigenvalue weighted by Crippen LogP contribution is -2.32. The van der Waals surface area contributed by atoms with Gasteiger partial charge in [0.15, 0.2) is 0 Å². The molecule has 0 saturated heterocycles. The average molecular weight is 255 g/mol. The molecule has 1 fully saturated rings. The highest BCUT2D eigenvalue weighted by Crippen LogP contribution is 2.34. The Morgan fingerprint density at radius 2 is 1.68 bits per heavy atom. The quantitative estimate of drug-likeness (QED) is 0.883. The lowest BCUT2D eigenvalue weighted by atomic mass is 9.88. The van der Waals surface area contributed by atoms with E-state index in [1.165, 1.54) is 18.2 Å². The van der Waals surface area contributed by atoms with Crippen LogP contribution in [0.15, 0.2) is 42.5 Å². The summed E-state index contributed by atoms with van der Waals surface area (Å²) in [5.41, 5.74) is 7.40. The summed E-state index contributed by atoms with van der Waals surface area (Å²) in [5.74, 6) is 0.369. The molecule has 0 radical (unpaired) electrons. The first-order valence-corrected chi connectivity index (χ1v) is 7.18. The molecule has 3 N–H and O–H groups in total. The Bertz CT molecular complexity index is 555. The summed E-state index contributed by atoms with van der Waals surface area (Å²) in [7, 11) is 0. The molecule has 2 aromatic carbocycles. The summed E-state index contributed by atoms with van der Waals surface area (Å²) in [4.78, 5) is 0. The van der Waals surface area contributed by atoms with E-state index < -0.39 is 6.10 Å². The molecule has 0 spiro atoms. The van der Waals surface area contributed by atoms with E-state index >= 15 is 0 Å². The minimum atomic E-state index is -0.423. The number of nitrogens with two attached hydrogens (primary N) is 1. The largest absolute Gasteiger partial charge is 0.391 e. The van der Waals surface area contributed by atoms with E-state index in [2.05, 4.69) is 18.2 Å². The van der Waals surface area contributed by atoms with Gasteiger partial charge in [0.1, 0.15) is 0 Å². The van der Waals surface area contributed by atoms with Gasteiger partial charge in [0.25, 0.3) is 0 Å². The van der Waals surface area contributed by atoms with Crippen molar-refractivity contribution in [3.05, 3.63) is 48.0 Å². The molecule has 0 bridgehead atoms. The standard InChI is InChI=1S/C17H21NO/c18-16(17(19)13-7-1-2-8-13)15-11-5-9-12-6-3-4-10-14(12)15/h3-6,9-11,13,16-17,19H,1-2,7-8,18H2/t16-,17+/m1/s1. The molecule has 1 aliphatic rings. The van der Waals surface area contributed by atoms with Crippen molar-refractivity contribution in [2.24, 2.45) is 11.7 Å². The maximum Gasteiger partial charge on any atom is 0.0761 e. The van der Waals surface area contributed by atoms with E-state index in [4.69, 9.17) is 5.73 Å². The maximum atomic E-state index is 10.5. The number of aliphatic hydroxyl groups is 1. The second-order valence-electron chi connectivity index (χ2n) is 5.63. The summed E-state index contributed by atoms with van der Waals surface area (Å²) in [6, 6.07) is 14.1. The summed E-state index contributed by atoms with van der Waals surface area (Å²) in [6.45, 7) is 0. The normalized spacial score (nSPS) is 19.7. The predicted molar refractivity (Wildman–Crippen MR) is 78.8 cm³/mol. The third-order valence-corrected chi connectivity index (χ3v) is 4.43. The molecule has 19 heavy (non-hydrogen) atoms. The van der Waals surface area contributed by atoms with Crippen LogP contribution in [-0.4, -0.2) is 11.2 Å². The average Bonchev–Trinajstić information content (AvgIpc) is 2.99. The number of hydrogen-bond donors (Lipinski definition) is 2. The number of rotatable bonds is 3. The zero-order valence-corrected chi connectivity index (χ0v) is 11.1. The van der Waals surface area contributed by atoms with Crippen LogP contribution >= 0.6 is 0 Å². The van der Waals surface area contributed by atoms with Gasteiger partial charge in [0.2, 0.25) is 0 Å². The third-order valence-electron chi connectivity index (χ3n) is 4.43. The highest BCUT2D eigenvalue weighted by Gasteiger charge is 2.29. The zero-order valence-electron chi connectivity index (χ0n) is 11.1. The number of benzene rings is 2. The van der Waals surface area contributed by atoms with Crippen molar-refractivity contribution < 1.29 is 5.11 Å². The van der Waals surface area contributed by atoms with Gasteiger partial charge in [-0.2, -0.15) is 0 Å². The maximum absolute atomic E-state index is 10.5. The number of fused-ring (bicyclic) bond motifs is 1. The molecule has 0 amide bonds. The van der Waals surface area contributed by atoms with E-state index in [0.717, 1.165) is 23.8 Å². The van der Waals surface area contributed by atoms with Crippen molar-refractivity contribution in [2.45, 2.75) is 37.8 Å². The van der Waals surface area contributed by atoms with Crippen LogP contribution in [0.1, 0.15) is 37.3 Å². The lowest BCUT2D eigenvalue weighted by molar-refractivity contribution is 0.0849. The minimum absolute atomic E-state index is 0.283. The van der Waals surface area contributed by atoms with Gasteiger partial charge in [-0.15, -0.1) is 0 Å². The molecule has 2 aromatic rings. The molecular weight excluding hydrogens is 234 g/mol. The Balaban J connectivity index is 1.94. The van der Waals surface area contributed by atoms with Gasteiger partial charge in [-0.25, -0.2) is 0 Å². The molecule has 0 aliphatic heterocycles. The molecule has 3 rings (SSSR count). The van der Waals surface area contributed by atoms with Gasteiger partial charge in [-0.05, 0) is 35.1 Å². The minimum Gasteiger partial charge on any atom is -0.391 e. The number of hydrogen-bond acceptors (Lipinski definition) is 2. The molecule has 0 aromatic heterocycles. The van der Waals surface area contributed by atoms with Gasteiger partial charge in [-0.3, -0.25) is 0 Å². The first kappa shape index (κ1) is 12.6. The van der Waals surface area contributed by atoms with Crippen molar-refractivity contribution in [3.8, 4) is 0 Å². The van der Waals surface area contributed by atoms with Crippen molar-refractivity contribution in [2.75, 3.05) is 0 Å². The topological polar surface area (TPSA) is 46.2 Å². The molecule has 1 saturated carbocycles. The number of aliphatic hydroxyl groups excluding tert-OH is 1. The Kier molecular flexibility index (Phi) is 3.54. The molecule has 0 unspecified atom stereocenters. The van der Waals surface area contributed by atoms with Crippen LogP contribution in [-0.2, 0) is 0 Å². The molecule has 100 valence electrons. The first-order chi connectivity index (χ1) is 9.27. The molecule has 0 heterocycles. The Labute approximate surface area is 114 Å². The van der Waals surface area contributed by atoms with E-state index in [1.807, 2.05) is 24.3 Å². The summed E-state index contributed by atoms with van der Waals surface area (Å²) in [6.07, 6.45) is 4.25. The molecule has 1 aliphatic carbocycles. The Morgan fingerprint density at radius 1 is 1.00 bits per heavy atom. The summed E-state index contributed by atoms with van der Waals surface area (Å²) < 4.78 is 0. The summed E-state index contributed by atoms with van der Waals surface area (Å²) in [5, 5.41) is 12.9. The fraction of sp³-hybridized carbons (Fsp3) is 0.412. The second-order valence-corrected chi connectivity index (χ2v) is 5.63. The van der Waals surface area contributed by atoms with E-state index in [-0.39, 0.29) is 6.04 Å². The first-order valence-electron chi connectivity index (χ1n) is 7.18. The van der Waals surface area contributed by atoms with Crippen molar-refractivity contribution >= 4 is 10.8 Å². The van der Waals surface area contributed by atoms with Crippen LogP contribution < -0.4 is 5.73 Å². The van der Waals surface area contributed by atoms with Gasteiger partial charge in [0, 0.05) is 0 Å². The van der Waals surface area contributed by atoms with Gasteiger partial charge < -0.3 is 10.8 Å². The van der Waals surface area contributed by atoms with Crippen molar-refractivity contribution in [1.29, 1.82) is 0 Å². The van der Waals surface area contributed by atoms with Gasteiger partial charge in [-0.1, -0.05) is 55.3 Å². The third kappa shape index (κ3) is 2.38. The highest BCUT2D eigenvalue weighted by molar-refractivity contribution is 5.86. The lowest BCUT2D eigenvalue weighted by Gasteiger charge is -2.25.